The molecule has 1 aromatic heterocycles. The number of nitrogens with one attached hydrogen (secondary N) is 2. The Morgan fingerprint density at radius 2 is 2.00 bits per heavy atom. The molecule has 2 rings (SSSR count). The molecule has 1 aromatic carbocycles. The summed E-state index contributed by atoms with van der Waals surface area (Å²) >= 11 is 1.22. The zero-order valence-corrected chi connectivity index (χ0v) is 16.5. The SMILES string of the molecule is CC(C)(C)OC(=O)NC(Cc1ccc(F)c(F)c1)C(=O)NCc1cnc(N)s1. The summed E-state index contributed by atoms with van der Waals surface area (Å²) in [5, 5.41) is 5.51. The molecule has 0 spiro atoms. The van der Waals surface area contributed by atoms with Crippen molar-refractivity contribution in [1.29, 1.82) is 0 Å². The van der Waals surface area contributed by atoms with Crippen LogP contribution in [-0.2, 0) is 22.5 Å². The van der Waals surface area contributed by atoms with Crippen LogP contribution in [0.5, 0.6) is 0 Å². The number of amides is 2. The highest BCUT2D eigenvalue weighted by Crippen LogP contribution is 2.15. The van der Waals surface area contributed by atoms with E-state index in [1.165, 1.54) is 23.6 Å². The van der Waals surface area contributed by atoms with E-state index in [4.69, 9.17) is 10.5 Å². The maximum Gasteiger partial charge on any atom is 0.408 e. The predicted octanol–water partition coefficient (Wildman–Crippen LogP) is 2.76. The molecular formula is C18H22F2N4O3S. The van der Waals surface area contributed by atoms with E-state index in [1.807, 2.05) is 0 Å². The molecule has 1 unspecified atom stereocenters. The summed E-state index contributed by atoms with van der Waals surface area (Å²) < 4.78 is 31.8. The van der Waals surface area contributed by atoms with Gasteiger partial charge in [-0.15, -0.1) is 11.3 Å². The quantitative estimate of drug-likeness (QED) is 0.676. The van der Waals surface area contributed by atoms with Crippen molar-refractivity contribution in [2.75, 3.05) is 5.73 Å². The van der Waals surface area contributed by atoms with Crippen molar-refractivity contribution in [3.05, 3.63) is 46.5 Å². The van der Waals surface area contributed by atoms with Gasteiger partial charge in [-0.3, -0.25) is 4.79 Å². The Morgan fingerprint density at radius 1 is 1.29 bits per heavy atom. The second kappa shape index (κ2) is 8.96. The topological polar surface area (TPSA) is 106 Å². The number of halogens is 2. The van der Waals surface area contributed by atoms with Gasteiger partial charge >= 0.3 is 6.09 Å². The maximum absolute atomic E-state index is 13.5. The number of hydrogen-bond acceptors (Lipinski definition) is 6. The minimum atomic E-state index is -1.05. The number of hydrogen-bond donors (Lipinski definition) is 3. The number of benzene rings is 1. The lowest BCUT2D eigenvalue weighted by atomic mass is 10.0. The van der Waals surface area contributed by atoms with Crippen molar-refractivity contribution in [1.82, 2.24) is 15.6 Å². The van der Waals surface area contributed by atoms with Gasteiger partial charge in [0.05, 0.1) is 6.54 Å². The van der Waals surface area contributed by atoms with Crippen LogP contribution >= 0.6 is 11.3 Å². The van der Waals surface area contributed by atoms with E-state index in [-0.39, 0.29) is 13.0 Å². The molecule has 10 heteroatoms. The molecule has 152 valence electrons. The summed E-state index contributed by atoms with van der Waals surface area (Å²) in [7, 11) is 0. The fraction of sp³-hybridized carbons (Fsp3) is 0.389. The molecule has 0 aliphatic heterocycles. The first-order valence-corrected chi connectivity index (χ1v) is 9.26. The second-order valence-corrected chi connectivity index (χ2v) is 8.18. The van der Waals surface area contributed by atoms with Gasteiger partial charge in [-0.05, 0) is 38.5 Å². The van der Waals surface area contributed by atoms with Gasteiger partial charge in [-0.1, -0.05) is 6.07 Å². The number of thiazole rings is 1. The van der Waals surface area contributed by atoms with Gasteiger partial charge < -0.3 is 21.1 Å². The van der Waals surface area contributed by atoms with Crippen molar-refractivity contribution in [2.24, 2.45) is 0 Å². The summed E-state index contributed by atoms with van der Waals surface area (Å²) in [5.74, 6) is -2.54. The smallest absolute Gasteiger partial charge is 0.408 e. The number of anilines is 1. The normalized spacial score (nSPS) is 12.3. The molecule has 0 aliphatic rings. The van der Waals surface area contributed by atoms with E-state index in [1.54, 1.807) is 20.8 Å². The average Bonchev–Trinajstić information content (AvgIpc) is 2.99. The highest BCUT2D eigenvalue weighted by Gasteiger charge is 2.25. The molecule has 0 aliphatic carbocycles. The standard InChI is InChI=1S/C18H22F2N4O3S/c1-18(2,3)27-17(26)24-14(7-10-4-5-12(19)13(20)6-10)15(25)22-8-11-9-23-16(21)28-11/h4-6,9,14H,7-8H2,1-3H3,(H2,21,23)(H,22,25)(H,24,26). The minimum absolute atomic E-state index is 0.0485. The van der Waals surface area contributed by atoms with Crippen LogP contribution in [0.3, 0.4) is 0 Å². The Kier molecular flexibility index (Phi) is 6.90. The molecule has 28 heavy (non-hydrogen) atoms. The maximum atomic E-state index is 13.5. The molecule has 1 heterocycles. The Balaban J connectivity index is 2.10. The van der Waals surface area contributed by atoms with Crippen LogP contribution < -0.4 is 16.4 Å². The molecule has 1 atom stereocenters. The molecular weight excluding hydrogens is 390 g/mol. The van der Waals surface area contributed by atoms with Crippen LogP contribution in [0.2, 0.25) is 0 Å². The number of aromatic nitrogens is 1. The Labute approximate surface area is 165 Å². The number of nitrogens with two attached hydrogens (primary N) is 1. The molecule has 2 amide bonds. The molecule has 2 aromatic rings. The van der Waals surface area contributed by atoms with Crippen molar-refractivity contribution in [3.63, 3.8) is 0 Å². The van der Waals surface area contributed by atoms with Crippen LogP contribution in [0.15, 0.2) is 24.4 Å². The molecule has 0 bridgehead atoms. The van der Waals surface area contributed by atoms with E-state index in [9.17, 15) is 18.4 Å². The van der Waals surface area contributed by atoms with Gasteiger partial charge in [0.15, 0.2) is 16.8 Å². The van der Waals surface area contributed by atoms with Crippen LogP contribution in [0, 0.1) is 11.6 Å². The van der Waals surface area contributed by atoms with Crippen molar-refractivity contribution in [2.45, 2.75) is 45.4 Å². The zero-order valence-electron chi connectivity index (χ0n) is 15.7. The minimum Gasteiger partial charge on any atom is -0.444 e. The number of nitrogens with zero attached hydrogens (tertiary/aromatic N) is 1. The lowest BCUT2D eigenvalue weighted by molar-refractivity contribution is -0.123. The van der Waals surface area contributed by atoms with E-state index in [2.05, 4.69) is 15.6 Å². The lowest BCUT2D eigenvalue weighted by Crippen LogP contribution is -2.49. The number of carbonyl (C=O) groups is 2. The van der Waals surface area contributed by atoms with E-state index >= 15 is 0 Å². The zero-order chi connectivity index (χ0) is 20.9. The van der Waals surface area contributed by atoms with E-state index in [0.717, 1.165) is 17.0 Å². The van der Waals surface area contributed by atoms with Gasteiger partial charge in [0.2, 0.25) is 5.91 Å². The fourth-order valence-electron chi connectivity index (χ4n) is 2.26. The molecule has 0 radical (unpaired) electrons. The Hall–Kier alpha value is -2.75. The number of ether oxygens (including phenoxy) is 1. The molecule has 0 fully saturated rings. The van der Waals surface area contributed by atoms with E-state index < -0.39 is 35.3 Å². The molecule has 0 saturated carbocycles. The van der Waals surface area contributed by atoms with Gasteiger partial charge in [0.25, 0.3) is 0 Å². The van der Waals surface area contributed by atoms with Crippen LogP contribution in [0.25, 0.3) is 0 Å². The summed E-state index contributed by atoms with van der Waals surface area (Å²) in [6.07, 6.45) is 0.691. The molecule has 0 saturated heterocycles. The van der Waals surface area contributed by atoms with Crippen molar-refractivity contribution >= 4 is 28.5 Å². The Bertz CT molecular complexity index is 852. The first kappa shape index (κ1) is 21.5. The second-order valence-electron chi connectivity index (χ2n) is 7.03. The summed E-state index contributed by atoms with van der Waals surface area (Å²) in [5.41, 5.74) is 5.14. The largest absolute Gasteiger partial charge is 0.444 e. The Morgan fingerprint density at radius 3 is 2.57 bits per heavy atom. The third-order valence-corrected chi connectivity index (χ3v) is 4.27. The van der Waals surface area contributed by atoms with Crippen molar-refractivity contribution in [3.8, 4) is 0 Å². The fourth-order valence-corrected chi connectivity index (χ4v) is 2.89. The summed E-state index contributed by atoms with van der Waals surface area (Å²) in [6, 6.07) is 2.24. The third-order valence-electron chi connectivity index (χ3n) is 3.44. The van der Waals surface area contributed by atoms with Crippen LogP contribution in [0.4, 0.5) is 18.7 Å². The predicted molar refractivity (Wildman–Crippen MR) is 102 cm³/mol. The molecule has 4 N–H and O–H groups in total. The molecule has 7 nitrogen and oxygen atoms in total. The van der Waals surface area contributed by atoms with E-state index in [0.29, 0.717) is 10.7 Å². The van der Waals surface area contributed by atoms with Gasteiger partial charge in [-0.2, -0.15) is 0 Å². The van der Waals surface area contributed by atoms with Crippen molar-refractivity contribution < 1.29 is 23.1 Å². The number of carbonyl (C=O) groups excluding carboxylic acids is 2. The highest BCUT2D eigenvalue weighted by atomic mass is 32.1. The third kappa shape index (κ3) is 6.76. The van der Waals surface area contributed by atoms with Gasteiger partial charge in [0, 0.05) is 17.5 Å². The monoisotopic (exact) mass is 412 g/mol. The number of alkyl carbamates (subject to hydrolysis) is 1. The average molecular weight is 412 g/mol. The van der Waals surface area contributed by atoms with Crippen LogP contribution in [0.1, 0.15) is 31.2 Å². The van der Waals surface area contributed by atoms with Gasteiger partial charge in [0.1, 0.15) is 11.6 Å². The summed E-state index contributed by atoms with van der Waals surface area (Å²) in [6.45, 7) is 5.22. The van der Waals surface area contributed by atoms with Gasteiger partial charge in [-0.25, -0.2) is 18.6 Å². The number of nitrogen functional groups attached to an aromatic ring is 1. The highest BCUT2D eigenvalue weighted by molar-refractivity contribution is 7.15. The summed E-state index contributed by atoms with van der Waals surface area (Å²) in [4.78, 5) is 29.3. The lowest BCUT2D eigenvalue weighted by Gasteiger charge is -2.23. The number of rotatable bonds is 6. The van der Waals surface area contributed by atoms with Crippen LogP contribution in [-0.4, -0.2) is 28.6 Å². The first-order valence-electron chi connectivity index (χ1n) is 8.45. The first-order chi connectivity index (χ1) is 13.0.